The number of halogens is 1. The van der Waals surface area contributed by atoms with Crippen LogP contribution in [0.3, 0.4) is 0 Å². The zero-order valence-electron chi connectivity index (χ0n) is 10.6. The van der Waals surface area contributed by atoms with Crippen molar-refractivity contribution in [1.82, 2.24) is 15.1 Å². The lowest BCUT2D eigenvalue weighted by Crippen LogP contribution is -2.33. The molecule has 0 aliphatic heterocycles. The number of nitrogens with zero attached hydrogens (tertiary/aromatic N) is 2. The van der Waals surface area contributed by atoms with Crippen molar-refractivity contribution in [2.45, 2.75) is 6.04 Å². The molecule has 0 fully saturated rings. The summed E-state index contributed by atoms with van der Waals surface area (Å²) in [6, 6.07) is 5.04. The van der Waals surface area contributed by atoms with E-state index >= 15 is 0 Å². The molecule has 0 bridgehead atoms. The number of carbonyl (C=O) groups excluding carboxylic acids is 1. The molecule has 1 unspecified atom stereocenters. The highest BCUT2D eigenvalue weighted by molar-refractivity contribution is 6.30. The van der Waals surface area contributed by atoms with Crippen LogP contribution in [0.2, 0.25) is 5.02 Å². The van der Waals surface area contributed by atoms with Gasteiger partial charge in [0.15, 0.2) is 6.04 Å². The monoisotopic (exact) mass is 293 g/mol. The average molecular weight is 294 g/mol. The number of hydrogen-bond acceptors (Lipinski definition) is 3. The van der Waals surface area contributed by atoms with Crippen LogP contribution >= 0.6 is 11.6 Å². The first-order valence-corrected chi connectivity index (χ1v) is 6.13. The Morgan fingerprint density at radius 3 is 2.50 bits per heavy atom. The molecule has 1 aromatic carbocycles. The van der Waals surface area contributed by atoms with E-state index in [2.05, 4.69) is 10.4 Å². The van der Waals surface area contributed by atoms with Gasteiger partial charge in [-0.25, -0.2) is 4.79 Å². The minimum absolute atomic E-state index is 0.338. The molecule has 1 atom stereocenters. The van der Waals surface area contributed by atoms with E-state index < -0.39 is 17.9 Å². The van der Waals surface area contributed by atoms with Crippen LogP contribution in [0.15, 0.2) is 36.7 Å². The summed E-state index contributed by atoms with van der Waals surface area (Å²) >= 11 is 5.73. The Bertz CT molecular complexity index is 637. The largest absolute Gasteiger partial charge is 0.479 e. The van der Waals surface area contributed by atoms with Crippen LogP contribution in [0.4, 0.5) is 0 Å². The number of aromatic nitrogens is 2. The van der Waals surface area contributed by atoms with Gasteiger partial charge in [-0.2, -0.15) is 5.10 Å². The molecule has 1 aromatic heterocycles. The maximum atomic E-state index is 12.0. The first-order chi connectivity index (χ1) is 9.47. The summed E-state index contributed by atoms with van der Waals surface area (Å²) in [4.78, 5) is 23.3. The van der Waals surface area contributed by atoms with Crippen LogP contribution in [-0.2, 0) is 11.8 Å². The second-order valence-electron chi connectivity index (χ2n) is 4.20. The molecular formula is C13H12ClN3O3. The highest BCUT2D eigenvalue weighted by atomic mass is 35.5. The van der Waals surface area contributed by atoms with Crippen LogP contribution in [-0.4, -0.2) is 26.8 Å². The maximum Gasteiger partial charge on any atom is 0.331 e. The number of hydrogen-bond donors (Lipinski definition) is 2. The molecule has 1 heterocycles. The lowest BCUT2D eigenvalue weighted by atomic mass is 10.1. The molecule has 104 valence electrons. The van der Waals surface area contributed by atoms with Crippen molar-refractivity contribution in [3.63, 3.8) is 0 Å². The number of aryl methyl sites for hydroxylation is 1. The lowest BCUT2D eigenvalue weighted by Gasteiger charge is -2.12. The van der Waals surface area contributed by atoms with Crippen LogP contribution in [0, 0.1) is 0 Å². The third-order valence-electron chi connectivity index (χ3n) is 2.69. The molecule has 2 rings (SSSR count). The second kappa shape index (κ2) is 5.75. The summed E-state index contributed by atoms with van der Waals surface area (Å²) in [6.45, 7) is 0. The lowest BCUT2D eigenvalue weighted by molar-refractivity contribution is -0.139. The number of carboxylic acid groups (broad SMARTS) is 1. The number of rotatable bonds is 4. The molecule has 0 aliphatic carbocycles. The van der Waals surface area contributed by atoms with E-state index in [0.29, 0.717) is 16.1 Å². The molecule has 0 spiro atoms. The molecule has 20 heavy (non-hydrogen) atoms. The molecule has 2 N–H and O–H groups in total. The second-order valence-corrected chi connectivity index (χ2v) is 4.64. The van der Waals surface area contributed by atoms with Crippen molar-refractivity contribution in [3.8, 4) is 0 Å². The smallest absolute Gasteiger partial charge is 0.331 e. The molecule has 0 radical (unpaired) electrons. The van der Waals surface area contributed by atoms with Gasteiger partial charge >= 0.3 is 5.97 Å². The predicted octanol–water partition coefficient (Wildman–Crippen LogP) is 1.63. The summed E-state index contributed by atoms with van der Waals surface area (Å²) in [5, 5.41) is 16.0. The van der Waals surface area contributed by atoms with Gasteiger partial charge in [-0.1, -0.05) is 11.6 Å². The Kier molecular flexibility index (Phi) is 4.05. The first kappa shape index (κ1) is 14.1. The van der Waals surface area contributed by atoms with Crippen LogP contribution in [0.1, 0.15) is 22.0 Å². The summed E-state index contributed by atoms with van der Waals surface area (Å²) in [5.41, 5.74) is 0.742. The third-order valence-corrected chi connectivity index (χ3v) is 2.94. The normalized spacial score (nSPS) is 11.9. The Morgan fingerprint density at radius 1 is 1.35 bits per heavy atom. The van der Waals surface area contributed by atoms with E-state index in [4.69, 9.17) is 11.6 Å². The standard InChI is InChI=1S/C13H12ClN3O3/c1-17-7-9(6-15-17)11(13(19)20)16-12(18)8-2-4-10(14)5-3-8/h2-7,11H,1H3,(H,16,18)(H,19,20). The van der Waals surface area contributed by atoms with Crippen molar-refractivity contribution in [2.75, 3.05) is 0 Å². The Balaban J connectivity index is 2.18. The Labute approximate surface area is 120 Å². The van der Waals surface area contributed by atoms with Gasteiger partial charge in [0, 0.05) is 29.4 Å². The van der Waals surface area contributed by atoms with Crippen LogP contribution in [0.25, 0.3) is 0 Å². The van der Waals surface area contributed by atoms with Gasteiger partial charge < -0.3 is 10.4 Å². The fourth-order valence-corrected chi connectivity index (χ4v) is 1.82. The first-order valence-electron chi connectivity index (χ1n) is 5.75. The van der Waals surface area contributed by atoms with Crippen LogP contribution in [0.5, 0.6) is 0 Å². The van der Waals surface area contributed by atoms with Crippen molar-refractivity contribution in [2.24, 2.45) is 7.05 Å². The summed E-state index contributed by atoms with van der Waals surface area (Å²) in [6.07, 6.45) is 2.95. The van der Waals surface area contributed by atoms with Gasteiger partial charge in [0.1, 0.15) is 0 Å². The van der Waals surface area contributed by atoms with E-state index in [1.807, 2.05) is 0 Å². The predicted molar refractivity (Wildman–Crippen MR) is 72.5 cm³/mol. The molecule has 2 aromatic rings. The van der Waals surface area contributed by atoms with E-state index in [1.54, 1.807) is 25.4 Å². The molecule has 7 heteroatoms. The SMILES string of the molecule is Cn1cc(C(NC(=O)c2ccc(Cl)cc2)C(=O)O)cn1. The summed E-state index contributed by atoms with van der Waals surface area (Å²) < 4.78 is 1.47. The zero-order valence-corrected chi connectivity index (χ0v) is 11.3. The number of carbonyl (C=O) groups is 2. The zero-order chi connectivity index (χ0) is 14.7. The Morgan fingerprint density at radius 2 is 2.00 bits per heavy atom. The highest BCUT2D eigenvalue weighted by Crippen LogP contribution is 2.14. The van der Waals surface area contributed by atoms with Gasteiger partial charge in [-0.05, 0) is 24.3 Å². The van der Waals surface area contributed by atoms with E-state index in [9.17, 15) is 14.7 Å². The number of nitrogens with one attached hydrogen (secondary N) is 1. The van der Waals surface area contributed by atoms with E-state index in [1.165, 1.54) is 23.0 Å². The maximum absolute atomic E-state index is 12.0. The van der Waals surface area contributed by atoms with E-state index in [-0.39, 0.29) is 0 Å². The fraction of sp³-hybridized carbons (Fsp3) is 0.154. The van der Waals surface area contributed by atoms with Gasteiger partial charge in [-0.3, -0.25) is 9.48 Å². The topological polar surface area (TPSA) is 84.2 Å². The van der Waals surface area contributed by atoms with Crippen LogP contribution < -0.4 is 5.32 Å². The highest BCUT2D eigenvalue weighted by Gasteiger charge is 2.23. The van der Waals surface area contributed by atoms with E-state index in [0.717, 1.165) is 0 Å². The molecular weight excluding hydrogens is 282 g/mol. The quantitative estimate of drug-likeness (QED) is 0.897. The molecule has 0 aliphatic rings. The molecule has 0 saturated heterocycles. The number of amides is 1. The van der Waals surface area contributed by atoms with Gasteiger partial charge in [0.25, 0.3) is 5.91 Å². The fourth-order valence-electron chi connectivity index (χ4n) is 1.69. The van der Waals surface area contributed by atoms with Crippen molar-refractivity contribution < 1.29 is 14.7 Å². The minimum atomic E-state index is -1.15. The molecule has 6 nitrogen and oxygen atoms in total. The van der Waals surface area contributed by atoms with Crippen molar-refractivity contribution >= 4 is 23.5 Å². The number of aliphatic carboxylic acids is 1. The average Bonchev–Trinajstić information content (AvgIpc) is 2.82. The van der Waals surface area contributed by atoms with Gasteiger partial charge in [0.05, 0.1) is 6.20 Å². The summed E-state index contributed by atoms with van der Waals surface area (Å²) in [5.74, 6) is -1.64. The van der Waals surface area contributed by atoms with Crippen molar-refractivity contribution in [1.29, 1.82) is 0 Å². The summed E-state index contributed by atoms with van der Waals surface area (Å²) in [7, 11) is 1.67. The third kappa shape index (κ3) is 3.16. The Hall–Kier alpha value is -2.34. The molecule has 1 amide bonds. The van der Waals surface area contributed by atoms with Crippen molar-refractivity contribution in [3.05, 3.63) is 52.8 Å². The molecule has 0 saturated carbocycles. The number of carboxylic acids is 1. The van der Waals surface area contributed by atoms with Gasteiger partial charge in [0.2, 0.25) is 0 Å². The van der Waals surface area contributed by atoms with Gasteiger partial charge in [-0.15, -0.1) is 0 Å². The number of benzene rings is 1. The minimum Gasteiger partial charge on any atom is -0.479 e.